The zero-order chi connectivity index (χ0) is 14.5. The Kier molecular flexibility index (Phi) is 6.81. The van der Waals surface area contributed by atoms with Crippen molar-refractivity contribution >= 4 is 29.7 Å². The van der Waals surface area contributed by atoms with Gasteiger partial charge in [-0.25, -0.2) is 4.98 Å². The first-order chi connectivity index (χ1) is 9.58. The van der Waals surface area contributed by atoms with Gasteiger partial charge < -0.3 is 11.1 Å². The van der Waals surface area contributed by atoms with E-state index in [4.69, 9.17) is 5.73 Å². The van der Waals surface area contributed by atoms with Crippen molar-refractivity contribution in [2.75, 3.05) is 0 Å². The highest BCUT2D eigenvalue weighted by molar-refractivity contribution is 7.13. The molecule has 0 aliphatic rings. The number of carbonyl (C=O) groups is 1. The van der Waals surface area contributed by atoms with Crippen LogP contribution in [0, 0.1) is 5.92 Å². The molecular weight excluding hydrogens is 306 g/mol. The summed E-state index contributed by atoms with van der Waals surface area (Å²) in [6, 6.07) is 9.86. The van der Waals surface area contributed by atoms with Crippen LogP contribution in [0.3, 0.4) is 0 Å². The van der Waals surface area contributed by atoms with Gasteiger partial charge in [0.1, 0.15) is 5.01 Å². The molecule has 0 aliphatic carbocycles. The van der Waals surface area contributed by atoms with E-state index in [1.807, 2.05) is 49.6 Å². The lowest BCUT2D eigenvalue weighted by atomic mass is 10.0. The lowest BCUT2D eigenvalue weighted by Crippen LogP contribution is -2.38. The van der Waals surface area contributed by atoms with E-state index in [9.17, 15) is 4.79 Å². The molecule has 1 amide bonds. The van der Waals surface area contributed by atoms with Gasteiger partial charge in [-0.2, -0.15) is 0 Å². The van der Waals surface area contributed by atoms with Crippen LogP contribution < -0.4 is 11.1 Å². The van der Waals surface area contributed by atoms with Gasteiger partial charge in [0.25, 0.3) is 0 Å². The lowest BCUT2D eigenvalue weighted by Gasteiger charge is -2.14. The number of amides is 1. The summed E-state index contributed by atoms with van der Waals surface area (Å²) in [6.07, 6.45) is 0. The molecule has 0 aliphatic heterocycles. The predicted molar refractivity (Wildman–Crippen MR) is 89.5 cm³/mol. The molecule has 0 fully saturated rings. The van der Waals surface area contributed by atoms with E-state index in [1.165, 1.54) is 0 Å². The molecule has 4 nitrogen and oxygen atoms in total. The molecule has 2 unspecified atom stereocenters. The van der Waals surface area contributed by atoms with Crippen LogP contribution in [0.15, 0.2) is 35.7 Å². The Morgan fingerprint density at radius 2 is 2.00 bits per heavy atom. The normalized spacial score (nSPS) is 13.1. The molecule has 6 heteroatoms. The number of halogens is 1. The van der Waals surface area contributed by atoms with Crippen LogP contribution >= 0.6 is 23.7 Å². The largest absolute Gasteiger partial charge is 0.350 e. The van der Waals surface area contributed by atoms with E-state index in [1.54, 1.807) is 11.3 Å². The number of thiazole rings is 1. The number of benzene rings is 1. The zero-order valence-corrected chi connectivity index (χ0v) is 13.7. The second-order valence-electron chi connectivity index (χ2n) is 4.88. The van der Waals surface area contributed by atoms with Gasteiger partial charge >= 0.3 is 0 Å². The lowest BCUT2D eigenvalue weighted by molar-refractivity contribution is -0.125. The topological polar surface area (TPSA) is 68.0 Å². The maximum absolute atomic E-state index is 11.8. The monoisotopic (exact) mass is 325 g/mol. The van der Waals surface area contributed by atoms with E-state index in [0.29, 0.717) is 6.54 Å². The molecule has 114 valence electrons. The summed E-state index contributed by atoms with van der Waals surface area (Å²) in [5.74, 6) is -0.225. The summed E-state index contributed by atoms with van der Waals surface area (Å²) in [6.45, 7) is 4.11. The SMILES string of the molecule is CC(N)C(C)C(=O)NCc1csc(-c2ccccc2)n1.Cl. The summed E-state index contributed by atoms with van der Waals surface area (Å²) in [4.78, 5) is 16.3. The molecule has 0 radical (unpaired) electrons. The molecule has 0 saturated heterocycles. The summed E-state index contributed by atoms with van der Waals surface area (Å²) in [5, 5.41) is 5.81. The van der Waals surface area contributed by atoms with E-state index >= 15 is 0 Å². The second kappa shape index (κ2) is 8.12. The second-order valence-corrected chi connectivity index (χ2v) is 5.73. The molecule has 1 aromatic heterocycles. The van der Waals surface area contributed by atoms with Crippen molar-refractivity contribution < 1.29 is 4.79 Å². The third-order valence-electron chi connectivity index (χ3n) is 3.22. The fraction of sp³-hybridized carbons (Fsp3) is 0.333. The Bertz CT molecular complexity index is 571. The smallest absolute Gasteiger partial charge is 0.224 e. The minimum atomic E-state index is -0.192. The highest BCUT2D eigenvalue weighted by Crippen LogP contribution is 2.23. The van der Waals surface area contributed by atoms with E-state index in [0.717, 1.165) is 16.3 Å². The van der Waals surface area contributed by atoms with Crippen LogP contribution in [0.5, 0.6) is 0 Å². The van der Waals surface area contributed by atoms with Crippen molar-refractivity contribution in [2.24, 2.45) is 11.7 Å². The van der Waals surface area contributed by atoms with Crippen molar-refractivity contribution in [2.45, 2.75) is 26.4 Å². The summed E-state index contributed by atoms with van der Waals surface area (Å²) in [7, 11) is 0. The van der Waals surface area contributed by atoms with Gasteiger partial charge in [-0.15, -0.1) is 23.7 Å². The molecule has 1 aromatic carbocycles. The summed E-state index contributed by atoms with van der Waals surface area (Å²) >= 11 is 1.58. The Hall–Kier alpha value is -1.43. The van der Waals surface area contributed by atoms with Crippen molar-refractivity contribution in [3.8, 4) is 10.6 Å². The molecule has 21 heavy (non-hydrogen) atoms. The molecule has 0 saturated carbocycles. The van der Waals surface area contributed by atoms with Gasteiger partial charge in [-0.3, -0.25) is 4.79 Å². The Balaban J connectivity index is 0.00000220. The van der Waals surface area contributed by atoms with Gasteiger partial charge in [-0.05, 0) is 6.92 Å². The van der Waals surface area contributed by atoms with Crippen LogP contribution in [-0.2, 0) is 11.3 Å². The van der Waals surface area contributed by atoms with E-state index in [-0.39, 0.29) is 30.3 Å². The van der Waals surface area contributed by atoms with Gasteiger partial charge in [0.15, 0.2) is 0 Å². The molecule has 2 aromatic rings. The number of hydrogen-bond donors (Lipinski definition) is 2. The standard InChI is InChI=1S/C15H19N3OS.ClH/c1-10(11(2)16)14(19)17-8-13-9-20-15(18-13)12-6-4-3-5-7-12;/h3-7,9-11H,8,16H2,1-2H3,(H,17,19);1H. The van der Waals surface area contributed by atoms with E-state index in [2.05, 4.69) is 10.3 Å². The highest BCUT2D eigenvalue weighted by Gasteiger charge is 2.16. The Labute approximate surface area is 135 Å². The van der Waals surface area contributed by atoms with Crippen molar-refractivity contribution in [3.63, 3.8) is 0 Å². The quantitative estimate of drug-likeness (QED) is 0.888. The zero-order valence-electron chi connectivity index (χ0n) is 12.1. The van der Waals surface area contributed by atoms with Crippen LogP contribution in [0.4, 0.5) is 0 Å². The van der Waals surface area contributed by atoms with Crippen LogP contribution in [0.1, 0.15) is 19.5 Å². The maximum atomic E-state index is 11.8. The molecule has 1 heterocycles. The minimum absolute atomic E-state index is 0. The number of nitrogens with zero attached hydrogens (tertiary/aromatic N) is 1. The molecule has 3 N–H and O–H groups in total. The number of rotatable bonds is 5. The first-order valence-electron chi connectivity index (χ1n) is 6.61. The number of carbonyl (C=O) groups excluding carboxylic acids is 1. The molecule has 0 bridgehead atoms. The van der Waals surface area contributed by atoms with Crippen LogP contribution in [0.2, 0.25) is 0 Å². The van der Waals surface area contributed by atoms with E-state index < -0.39 is 0 Å². The van der Waals surface area contributed by atoms with Gasteiger partial charge in [0.05, 0.1) is 12.2 Å². The fourth-order valence-electron chi connectivity index (χ4n) is 1.68. The molecule has 2 atom stereocenters. The summed E-state index contributed by atoms with van der Waals surface area (Å²) < 4.78 is 0. The number of aromatic nitrogens is 1. The third-order valence-corrected chi connectivity index (χ3v) is 4.16. The summed E-state index contributed by atoms with van der Waals surface area (Å²) in [5.41, 5.74) is 7.68. The number of nitrogens with two attached hydrogens (primary N) is 1. The van der Waals surface area contributed by atoms with Crippen LogP contribution in [0.25, 0.3) is 10.6 Å². The first kappa shape index (κ1) is 17.6. The van der Waals surface area contributed by atoms with Crippen LogP contribution in [-0.4, -0.2) is 16.9 Å². The molecular formula is C15H20ClN3OS. The number of hydrogen-bond acceptors (Lipinski definition) is 4. The first-order valence-corrected chi connectivity index (χ1v) is 7.49. The Morgan fingerprint density at radius 3 is 2.62 bits per heavy atom. The minimum Gasteiger partial charge on any atom is -0.350 e. The molecule has 2 rings (SSSR count). The average molecular weight is 326 g/mol. The van der Waals surface area contributed by atoms with Gasteiger partial charge in [0.2, 0.25) is 5.91 Å². The van der Waals surface area contributed by atoms with Crippen molar-refractivity contribution in [1.82, 2.24) is 10.3 Å². The van der Waals surface area contributed by atoms with Crippen molar-refractivity contribution in [3.05, 3.63) is 41.4 Å². The molecule has 0 spiro atoms. The van der Waals surface area contributed by atoms with Crippen molar-refractivity contribution in [1.29, 1.82) is 0 Å². The fourth-order valence-corrected chi connectivity index (χ4v) is 2.50. The average Bonchev–Trinajstić information content (AvgIpc) is 2.93. The Morgan fingerprint density at radius 1 is 1.33 bits per heavy atom. The highest BCUT2D eigenvalue weighted by atomic mass is 35.5. The van der Waals surface area contributed by atoms with Gasteiger partial charge in [-0.1, -0.05) is 37.3 Å². The van der Waals surface area contributed by atoms with Gasteiger partial charge in [0, 0.05) is 22.9 Å². The third kappa shape index (κ3) is 4.81. The number of nitrogens with one attached hydrogen (secondary N) is 1. The maximum Gasteiger partial charge on any atom is 0.224 e. The predicted octanol–water partition coefficient (Wildman–Crippen LogP) is 2.83.